The number of methoxy groups -OCH3 is 2. The van der Waals surface area contributed by atoms with Gasteiger partial charge in [0.1, 0.15) is 29.3 Å². The van der Waals surface area contributed by atoms with Crippen molar-refractivity contribution in [3.63, 3.8) is 0 Å². The molecule has 46 heavy (non-hydrogen) atoms. The zero-order chi connectivity index (χ0) is 32.4. The molecule has 3 N–H and O–H groups in total. The van der Waals surface area contributed by atoms with Gasteiger partial charge in [-0.25, -0.2) is 9.37 Å². The first-order valence-corrected chi connectivity index (χ1v) is 14.5. The third-order valence-corrected chi connectivity index (χ3v) is 7.93. The van der Waals surface area contributed by atoms with Crippen LogP contribution in [0.5, 0.6) is 11.5 Å². The van der Waals surface area contributed by atoms with Gasteiger partial charge in [0.05, 0.1) is 27.2 Å². The van der Waals surface area contributed by atoms with Crippen molar-refractivity contribution in [3.05, 3.63) is 112 Å². The summed E-state index contributed by atoms with van der Waals surface area (Å²) in [5.41, 5.74) is 0.315. The van der Waals surface area contributed by atoms with E-state index in [0.29, 0.717) is 11.5 Å². The lowest BCUT2D eigenvalue weighted by Crippen LogP contribution is -2.39. The SMILES string of the molecule is COc1ccc(C(OC[C@H]2O[C@@H](n3cnc4c(=O)[nH]c(NC(C)=O)nc43)[C@H](F)[C@@H]2O)(c2ccccc2)c2ccc(OC)cc2)cc1. The molecular formula is C33H32FN5O7. The summed E-state index contributed by atoms with van der Waals surface area (Å²) >= 11 is 0. The summed E-state index contributed by atoms with van der Waals surface area (Å²) in [6, 6.07) is 24.4. The first kappa shape index (κ1) is 30.9. The number of nitrogens with zero attached hydrogens (tertiary/aromatic N) is 3. The first-order chi connectivity index (χ1) is 22.2. The summed E-state index contributed by atoms with van der Waals surface area (Å²) in [6.07, 6.45) is -4.83. The number of aromatic amines is 1. The number of rotatable bonds is 10. The normalized spacial score (nSPS) is 19.7. The van der Waals surface area contributed by atoms with Crippen molar-refractivity contribution in [1.29, 1.82) is 0 Å². The minimum atomic E-state index is -1.93. The number of hydrogen-bond acceptors (Lipinski definition) is 9. The smallest absolute Gasteiger partial charge is 0.280 e. The molecule has 3 aromatic carbocycles. The van der Waals surface area contributed by atoms with Crippen LogP contribution in [-0.2, 0) is 19.9 Å². The second-order valence-electron chi connectivity index (χ2n) is 10.7. The Balaban J connectivity index is 1.38. The Morgan fingerprint density at radius 3 is 2.15 bits per heavy atom. The van der Waals surface area contributed by atoms with E-state index >= 15 is 4.39 Å². The number of carbonyl (C=O) groups excluding carboxylic acids is 1. The van der Waals surface area contributed by atoms with Gasteiger partial charge >= 0.3 is 0 Å². The molecule has 12 nitrogen and oxygen atoms in total. The van der Waals surface area contributed by atoms with E-state index in [0.717, 1.165) is 16.7 Å². The minimum Gasteiger partial charge on any atom is -0.497 e. The Morgan fingerprint density at radius 2 is 1.59 bits per heavy atom. The number of ether oxygens (including phenoxy) is 4. The van der Waals surface area contributed by atoms with E-state index in [2.05, 4.69) is 20.3 Å². The van der Waals surface area contributed by atoms with Crippen molar-refractivity contribution in [2.24, 2.45) is 0 Å². The quantitative estimate of drug-likeness (QED) is 0.197. The lowest BCUT2D eigenvalue weighted by molar-refractivity contribution is -0.114. The summed E-state index contributed by atoms with van der Waals surface area (Å²) in [5.74, 6) is 0.712. The number of fused-ring (bicyclic) bond motifs is 1. The van der Waals surface area contributed by atoms with E-state index in [-0.39, 0.29) is 23.7 Å². The molecule has 0 bridgehead atoms. The molecule has 0 radical (unpaired) electrons. The second kappa shape index (κ2) is 12.7. The van der Waals surface area contributed by atoms with Crippen molar-refractivity contribution in [3.8, 4) is 11.5 Å². The van der Waals surface area contributed by atoms with Gasteiger partial charge in [0, 0.05) is 6.92 Å². The largest absolute Gasteiger partial charge is 0.497 e. The highest BCUT2D eigenvalue weighted by Crippen LogP contribution is 2.43. The first-order valence-electron chi connectivity index (χ1n) is 14.5. The van der Waals surface area contributed by atoms with Crippen molar-refractivity contribution in [1.82, 2.24) is 19.5 Å². The highest BCUT2D eigenvalue weighted by molar-refractivity contribution is 5.87. The van der Waals surface area contributed by atoms with E-state index in [1.807, 2.05) is 78.9 Å². The van der Waals surface area contributed by atoms with Gasteiger partial charge in [-0.3, -0.25) is 24.5 Å². The molecular weight excluding hydrogens is 597 g/mol. The predicted octanol–water partition coefficient (Wildman–Crippen LogP) is 3.70. The number of amides is 1. The number of imidazole rings is 1. The fourth-order valence-corrected chi connectivity index (χ4v) is 5.68. The molecule has 1 aliphatic rings. The summed E-state index contributed by atoms with van der Waals surface area (Å²) in [7, 11) is 3.16. The Bertz CT molecular complexity index is 1830. The zero-order valence-corrected chi connectivity index (χ0v) is 25.2. The lowest BCUT2D eigenvalue weighted by Gasteiger charge is -2.37. The molecule has 4 atom stereocenters. The van der Waals surface area contributed by atoms with Crippen LogP contribution >= 0.6 is 0 Å². The number of aliphatic hydroxyl groups excluding tert-OH is 1. The lowest BCUT2D eigenvalue weighted by atomic mass is 9.80. The van der Waals surface area contributed by atoms with E-state index < -0.39 is 41.7 Å². The number of H-pyrrole nitrogens is 1. The number of benzene rings is 3. The van der Waals surface area contributed by atoms with Crippen molar-refractivity contribution in [2.45, 2.75) is 37.1 Å². The van der Waals surface area contributed by atoms with Gasteiger partial charge in [-0.05, 0) is 41.0 Å². The maximum atomic E-state index is 15.8. The maximum Gasteiger partial charge on any atom is 0.280 e. The van der Waals surface area contributed by atoms with E-state index in [1.54, 1.807) is 14.2 Å². The van der Waals surface area contributed by atoms with Gasteiger partial charge in [-0.15, -0.1) is 0 Å². The number of hydrogen-bond donors (Lipinski definition) is 3. The number of aliphatic hydroxyl groups is 1. The standard InChI is InChI=1S/C33H32FN5O7/c1-19(40)36-32-37-29-27(30(42)38-32)35-18-39(29)31-26(34)28(41)25(46-31)17-45-33(20-7-5-4-6-8-20,21-9-13-23(43-2)14-10-21)22-11-15-24(44-3)16-12-22/h4-16,18,25-26,28,31,41H,17H2,1-3H3,(H2,36,37,38,40,42)/t25-,26-,28-,31-/m1/s1. The molecule has 1 fully saturated rings. The van der Waals surface area contributed by atoms with Crippen molar-refractivity contribution >= 4 is 23.0 Å². The van der Waals surface area contributed by atoms with Crippen molar-refractivity contribution < 1.29 is 33.2 Å². The predicted molar refractivity (Wildman–Crippen MR) is 166 cm³/mol. The van der Waals surface area contributed by atoms with Gasteiger partial charge in [0.2, 0.25) is 11.9 Å². The average Bonchev–Trinajstić information content (AvgIpc) is 3.62. The van der Waals surface area contributed by atoms with Crippen LogP contribution in [0.1, 0.15) is 29.8 Å². The minimum absolute atomic E-state index is 0.0241. The van der Waals surface area contributed by atoms with Crippen LogP contribution < -0.4 is 20.3 Å². The van der Waals surface area contributed by atoms with Crippen LogP contribution in [0.4, 0.5) is 10.3 Å². The molecule has 5 aromatic rings. The van der Waals surface area contributed by atoms with Crippen LogP contribution in [0, 0.1) is 0 Å². The number of alkyl halides is 1. The Kier molecular flexibility index (Phi) is 8.54. The van der Waals surface area contributed by atoms with Crippen molar-refractivity contribution in [2.75, 3.05) is 26.1 Å². The molecule has 2 aromatic heterocycles. The number of nitrogens with one attached hydrogen (secondary N) is 2. The van der Waals surface area contributed by atoms with Gasteiger partial charge in [0.15, 0.2) is 23.6 Å². The monoisotopic (exact) mass is 629 g/mol. The maximum absolute atomic E-state index is 15.8. The molecule has 238 valence electrons. The Morgan fingerprint density at radius 1 is 1.00 bits per heavy atom. The van der Waals surface area contributed by atoms with Crippen LogP contribution in [0.3, 0.4) is 0 Å². The van der Waals surface area contributed by atoms with E-state index in [4.69, 9.17) is 18.9 Å². The molecule has 0 saturated carbocycles. The molecule has 1 aliphatic heterocycles. The van der Waals surface area contributed by atoms with Gasteiger partial charge in [-0.1, -0.05) is 54.6 Å². The molecule has 0 unspecified atom stereocenters. The Labute approximate surface area is 262 Å². The topological polar surface area (TPSA) is 150 Å². The van der Waals surface area contributed by atoms with Crippen LogP contribution in [0.15, 0.2) is 90.0 Å². The second-order valence-corrected chi connectivity index (χ2v) is 10.7. The highest BCUT2D eigenvalue weighted by Gasteiger charge is 2.48. The molecule has 0 spiro atoms. The average molecular weight is 630 g/mol. The van der Waals surface area contributed by atoms with Gasteiger partial charge in [-0.2, -0.15) is 4.98 Å². The molecule has 1 saturated heterocycles. The molecule has 3 heterocycles. The summed E-state index contributed by atoms with van der Waals surface area (Å²) in [5, 5.41) is 13.5. The van der Waals surface area contributed by atoms with Crippen LogP contribution in [0.25, 0.3) is 11.2 Å². The molecule has 1 amide bonds. The number of carbonyl (C=O) groups is 1. The third-order valence-electron chi connectivity index (χ3n) is 7.93. The summed E-state index contributed by atoms with van der Waals surface area (Å²) in [6.45, 7) is 1.02. The van der Waals surface area contributed by atoms with Gasteiger partial charge in [0.25, 0.3) is 5.56 Å². The molecule has 13 heteroatoms. The number of halogens is 1. The van der Waals surface area contributed by atoms with Crippen LogP contribution in [0.2, 0.25) is 0 Å². The fraction of sp³-hybridized carbons (Fsp3) is 0.273. The zero-order valence-electron chi connectivity index (χ0n) is 25.2. The van der Waals surface area contributed by atoms with E-state index in [9.17, 15) is 14.7 Å². The highest BCUT2D eigenvalue weighted by atomic mass is 19.1. The number of anilines is 1. The molecule has 6 rings (SSSR count). The van der Waals surface area contributed by atoms with E-state index in [1.165, 1.54) is 17.8 Å². The van der Waals surface area contributed by atoms with Crippen LogP contribution in [-0.4, -0.2) is 69.7 Å². The summed E-state index contributed by atoms with van der Waals surface area (Å²) < 4.78 is 40.7. The molecule has 0 aliphatic carbocycles. The third kappa shape index (κ3) is 5.60. The summed E-state index contributed by atoms with van der Waals surface area (Å²) in [4.78, 5) is 34.9. The van der Waals surface area contributed by atoms with Gasteiger partial charge < -0.3 is 24.1 Å². The Hall–Kier alpha value is -5.11. The fourth-order valence-electron chi connectivity index (χ4n) is 5.68. The number of aromatic nitrogens is 4.